The van der Waals surface area contributed by atoms with E-state index in [0.29, 0.717) is 18.3 Å². The van der Waals surface area contributed by atoms with Crippen molar-refractivity contribution in [2.45, 2.75) is 75.0 Å². The highest BCUT2D eigenvalue weighted by Crippen LogP contribution is 2.38. The molecule has 3 amide bonds. The van der Waals surface area contributed by atoms with Crippen LogP contribution >= 0.6 is 11.8 Å². The lowest BCUT2D eigenvalue weighted by Crippen LogP contribution is -2.46. The number of para-hydroxylation sites is 1. The summed E-state index contributed by atoms with van der Waals surface area (Å²) < 4.78 is 5.45. The topological polar surface area (TPSA) is 61.9 Å². The third-order valence-electron chi connectivity index (χ3n) is 5.77. The average molecular weight is 448 g/mol. The molecule has 1 atom stereocenters. The number of hydrogen-bond acceptors (Lipinski definition) is 4. The van der Waals surface area contributed by atoms with Gasteiger partial charge in [-0.05, 0) is 64.5 Å². The number of carbonyl (C=O) groups is 2. The van der Waals surface area contributed by atoms with Crippen molar-refractivity contribution in [1.82, 2.24) is 9.80 Å². The zero-order valence-electron chi connectivity index (χ0n) is 19.4. The number of anilines is 1. The number of carbonyl (C=O) groups excluding carboxylic acids is 2. The maximum atomic E-state index is 13.0. The van der Waals surface area contributed by atoms with Crippen LogP contribution in [0.25, 0.3) is 0 Å². The van der Waals surface area contributed by atoms with Crippen LogP contribution in [-0.2, 0) is 4.74 Å². The third-order valence-corrected chi connectivity index (χ3v) is 7.18. The van der Waals surface area contributed by atoms with Gasteiger partial charge in [-0.25, -0.2) is 9.59 Å². The number of rotatable bonds is 5. The van der Waals surface area contributed by atoms with Crippen LogP contribution in [0, 0.1) is 5.92 Å². The molecule has 2 fully saturated rings. The molecule has 1 aliphatic heterocycles. The van der Waals surface area contributed by atoms with Gasteiger partial charge < -0.3 is 19.9 Å². The van der Waals surface area contributed by atoms with Crippen molar-refractivity contribution in [1.29, 1.82) is 0 Å². The number of amides is 3. The van der Waals surface area contributed by atoms with E-state index < -0.39 is 5.60 Å². The smallest absolute Gasteiger partial charge is 0.410 e. The van der Waals surface area contributed by atoms with Crippen LogP contribution in [0.15, 0.2) is 29.2 Å². The second-order valence-corrected chi connectivity index (χ2v) is 11.1. The summed E-state index contributed by atoms with van der Waals surface area (Å²) in [5, 5.41) is 3.80. The Balaban J connectivity index is 1.55. The maximum Gasteiger partial charge on any atom is 0.410 e. The highest BCUT2D eigenvalue weighted by atomic mass is 32.2. The Morgan fingerprint density at radius 2 is 1.87 bits per heavy atom. The molecule has 1 heterocycles. The first-order chi connectivity index (χ1) is 14.7. The van der Waals surface area contributed by atoms with Gasteiger partial charge in [0.05, 0.1) is 5.69 Å². The predicted octanol–water partition coefficient (Wildman–Crippen LogP) is 5.83. The number of nitrogens with zero attached hydrogens (tertiary/aromatic N) is 2. The molecule has 0 aromatic heterocycles. The van der Waals surface area contributed by atoms with E-state index in [2.05, 4.69) is 11.4 Å². The number of piperidine rings is 1. The first kappa shape index (κ1) is 23.8. The molecule has 1 saturated heterocycles. The SMILES string of the molecule is CN(CC1CCCN(C(=O)Nc2ccccc2SC2CCCC2)C1)C(=O)OC(C)(C)C. The minimum absolute atomic E-state index is 0.0518. The first-order valence-corrected chi connectivity index (χ1v) is 12.3. The van der Waals surface area contributed by atoms with Crippen molar-refractivity contribution in [2.24, 2.45) is 5.92 Å². The highest BCUT2D eigenvalue weighted by Gasteiger charge is 2.28. The quantitative estimate of drug-likeness (QED) is 0.617. The van der Waals surface area contributed by atoms with E-state index in [1.807, 2.05) is 55.6 Å². The molecular weight excluding hydrogens is 410 g/mol. The van der Waals surface area contributed by atoms with Gasteiger partial charge in [-0.2, -0.15) is 0 Å². The molecule has 1 aromatic rings. The number of thioether (sulfide) groups is 1. The van der Waals surface area contributed by atoms with Crippen molar-refractivity contribution >= 4 is 29.6 Å². The summed E-state index contributed by atoms with van der Waals surface area (Å²) in [5.41, 5.74) is 0.394. The lowest BCUT2D eigenvalue weighted by Gasteiger charge is -2.35. The summed E-state index contributed by atoms with van der Waals surface area (Å²) in [6.07, 6.45) is 6.76. The van der Waals surface area contributed by atoms with Crippen molar-refractivity contribution in [3.63, 3.8) is 0 Å². The molecule has 172 valence electrons. The van der Waals surface area contributed by atoms with E-state index >= 15 is 0 Å². The van der Waals surface area contributed by atoms with Crippen molar-refractivity contribution in [3.05, 3.63) is 24.3 Å². The summed E-state index contributed by atoms with van der Waals surface area (Å²) in [6, 6.07) is 8.06. The number of urea groups is 1. The van der Waals surface area contributed by atoms with Crippen LogP contribution in [0.1, 0.15) is 59.3 Å². The first-order valence-electron chi connectivity index (χ1n) is 11.5. The van der Waals surface area contributed by atoms with Gasteiger partial charge >= 0.3 is 12.1 Å². The molecule has 1 aromatic carbocycles. The fourth-order valence-corrected chi connectivity index (χ4v) is 5.58. The van der Waals surface area contributed by atoms with Gasteiger partial charge in [0.15, 0.2) is 0 Å². The van der Waals surface area contributed by atoms with Gasteiger partial charge in [0.2, 0.25) is 0 Å². The largest absolute Gasteiger partial charge is 0.444 e. The van der Waals surface area contributed by atoms with Crippen LogP contribution in [0.5, 0.6) is 0 Å². The monoisotopic (exact) mass is 447 g/mol. The molecule has 1 aliphatic carbocycles. The lowest BCUT2D eigenvalue weighted by molar-refractivity contribution is 0.0253. The van der Waals surface area contributed by atoms with Crippen molar-refractivity contribution in [3.8, 4) is 0 Å². The Labute approximate surface area is 191 Å². The fraction of sp³-hybridized carbons (Fsp3) is 0.667. The number of likely N-dealkylation sites (tertiary alicyclic amines) is 1. The molecule has 31 heavy (non-hydrogen) atoms. The zero-order valence-corrected chi connectivity index (χ0v) is 20.2. The Morgan fingerprint density at radius 3 is 2.58 bits per heavy atom. The maximum absolute atomic E-state index is 13.0. The van der Waals surface area contributed by atoms with Gasteiger partial charge in [0.1, 0.15) is 5.60 Å². The Hall–Kier alpha value is -1.89. The normalized spacial score (nSPS) is 19.9. The number of hydrogen-bond donors (Lipinski definition) is 1. The third kappa shape index (κ3) is 7.34. The van der Waals surface area contributed by atoms with E-state index in [1.165, 1.54) is 25.7 Å². The second kappa shape index (κ2) is 10.6. The van der Waals surface area contributed by atoms with Crippen LogP contribution in [0.3, 0.4) is 0 Å². The molecule has 0 radical (unpaired) electrons. The zero-order chi connectivity index (χ0) is 22.4. The van der Waals surface area contributed by atoms with Gasteiger partial charge in [-0.3, -0.25) is 0 Å². The van der Waals surface area contributed by atoms with Crippen molar-refractivity contribution in [2.75, 3.05) is 32.0 Å². The fourth-order valence-electron chi connectivity index (χ4n) is 4.25. The van der Waals surface area contributed by atoms with Crippen molar-refractivity contribution < 1.29 is 14.3 Å². The predicted molar refractivity (Wildman–Crippen MR) is 127 cm³/mol. The molecule has 2 aliphatic rings. The van der Waals surface area contributed by atoms with Gasteiger partial charge in [-0.15, -0.1) is 11.8 Å². The lowest BCUT2D eigenvalue weighted by atomic mass is 9.98. The second-order valence-electron chi connectivity index (χ2n) is 9.77. The number of nitrogens with one attached hydrogen (secondary N) is 1. The average Bonchev–Trinajstić information content (AvgIpc) is 3.21. The summed E-state index contributed by atoms with van der Waals surface area (Å²) >= 11 is 1.89. The minimum atomic E-state index is -0.506. The molecule has 7 heteroatoms. The van der Waals surface area contributed by atoms with Gasteiger partial charge in [-0.1, -0.05) is 25.0 Å². The molecule has 0 bridgehead atoms. The van der Waals surface area contributed by atoms with Crippen LogP contribution < -0.4 is 5.32 Å². The van der Waals surface area contributed by atoms with Crippen LogP contribution in [0.4, 0.5) is 15.3 Å². The molecule has 6 nitrogen and oxygen atoms in total. The number of ether oxygens (including phenoxy) is 1. The number of benzene rings is 1. The molecule has 1 unspecified atom stereocenters. The van der Waals surface area contributed by atoms with Gasteiger partial charge in [0, 0.05) is 36.8 Å². The summed E-state index contributed by atoms with van der Waals surface area (Å²) in [7, 11) is 1.77. The van der Waals surface area contributed by atoms with Gasteiger partial charge in [0.25, 0.3) is 0 Å². The van der Waals surface area contributed by atoms with Crippen LogP contribution in [-0.4, -0.2) is 59.5 Å². The Morgan fingerprint density at radius 1 is 1.16 bits per heavy atom. The summed E-state index contributed by atoms with van der Waals surface area (Å²) in [6.45, 7) is 7.59. The summed E-state index contributed by atoms with van der Waals surface area (Å²) in [4.78, 5) is 30.0. The van der Waals surface area contributed by atoms with E-state index in [4.69, 9.17) is 4.74 Å². The van der Waals surface area contributed by atoms with E-state index in [1.54, 1.807) is 11.9 Å². The molecule has 0 spiro atoms. The molecule has 1 saturated carbocycles. The molecular formula is C24H37N3O3S. The van der Waals surface area contributed by atoms with E-state index in [-0.39, 0.29) is 18.0 Å². The molecule has 1 N–H and O–H groups in total. The highest BCUT2D eigenvalue weighted by molar-refractivity contribution is 8.00. The Bertz CT molecular complexity index is 759. The Kier molecular flexibility index (Phi) is 8.14. The van der Waals surface area contributed by atoms with Crippen LogP contribution in [0.2, 0.25) is 0 Å². The minimum Gasteiger partial charge on any atom is -0.444 e. The summed E-state index contributed by atoms with van der Waals surface area (Å²) in [5.74, 6) is 0.250. The standard InChI is InChI=1S/C24H37N3O3S/c1-24(2,3)30-23(29)26(4)16-18-10-9-15-27(17-18)22(28)25-20-13-7-8-14-21(20)31-19-11-5-6-12-19/h7-8,13-14,18-19H,5-6,9-12,15-17H2,1-4H3,(H,25,28). The van der Waals surface area contributed by atoms with E-state index in [9.17, 15) is 9.59 Å². The molecule has 3 rings (SSSR count). The van der Waals surface area contributed by atoms with E-state index in [0.717, 1.165) is 30.0 Å².